The van der Waals surface area contributed by atoms with Crippen molar-refractivity contribution in [1.29, 1.82) is 0 Å². The van der Waals surface area contributed by atoms with Crippen LogP contribution in [0.4, 0.5) is 0 Å². The Labute approximate surface area is 124 Å². The second-order valence-electron chi connectivity index (χ2n) is 3.89. The summed E-state index contributed by atoms with van der Waals surface area (Å²) in [4.78, 5) is 44.9. The number of nitroso groups, excluding NO2 is 1. The number of carbonyl (C=O) groups excluding carboxylic acids is 2. The van der Waals surface area contributed by atoms with Crippen LogP contribution < -0.4 is 5.73 Å². The molecule has 0 fully saturated rings. The number of hydrogen-bond acceptors (Lipinski definition) is 7. The molecule has 0 saturated carbocycles. The molecule has 0 aromatic carbocycles. The van der Waals surface area contributed by atoms with Gasteiger partial charge in [0, 0.05) is 19.6 Å². The molecule has 0 aliphatic carbocycles. The van der Waals surface area contributed by atoms with Crippen LogP contribution in [0.1, 0.15) is 13.8 Å². The lowest BCUT2D eigenvalue weighted by molar-refractivity contribution is -0.138. The summed E-state index contributed by atoms with van der Waals surface area (Å²) in [6, 6.07) is 0. The van der Waals surface area contributed by atoms with E-state index in [2.05, 4.69) is 5.18 Å². The zero-order valence-electron chi connectivity index (χ0n) is 12.5. The van der Waals surface area contributed by atoms with Crippen LogP contribution >= 0.6 is 0 Å². The molecule has 0 aliphatic heterocycles. The molecule has 21 heavy (non-hydrogen) atoms. The van der Waals surface area contributed by atoms with Crippen molar-refractivity contribution in [2.24, 2.45) is 10.9 Å². The monoisotopic (exact) mass is 304 g/mol. The van der Waals surface area contributed by atoms with Crippen molar-refractivity contribution in [1.82, 2.24) is 9.80 Å². The maximum atomic E-state index is 10.8. The molecule has 0 aliphatic rings. The molecule has 0 saturated heterocycles. The van der Waals surface area contributed by atoms with Crippen molar-refractivity contribution >= 4 is 18.2 Å². The van der Waals surface area contributed by atoms with E-state index in [-0.39, 0.29) is 32.7 Å². The highest BCUT2D eigenvalue weighted by Gasteiger charge is 2.13. The fourth-order valence-corrected chi connectivity index (χ4v) is 1.49. The summed E-state index contributed by atoms with van der Waals surface area (Å²) in [5.74, 6) is -1.59. The highest BCUT2D eigenvalue weighted by molar-refractivity contribution is 5.76. The van der Waals surface area contributed by atoms with Crippen LogP contribution in [0.5, 0.6) is 0 Å². The molecule has 0 bridgehead atoms. The molecular weight excluding hydrogens is 280 g/mol. The van der Waals surface area contributed by atoms with E-state index in [9.17, 15) is 19.3 Å². The molecule has 9 heteroatoms. The average molecular weight is 304 g/mol. The van der Waals surface area contributed by atoms with E-state index in [0.717, 1.165) is 0 Å². The first kappa shape index (κ1) is 21.4. The summed E-state index contributed by atoms with van der Waals surface area (Å²) in [5, 5.41) is 11.4. The van der Waals surface area contributed by atoms with Crippen molar-refractivity contribution in [3.8, 4) is 0 Å². The van der Waals surface area contributed by atoms with E-state index in [1.54, 1.807) is 0 Å². The molecule has 0 spiro atoms. The zero-order chi connectivity index (χ0) is 16.7. The first-order chi connectivity index (χ1) is 9.99. The van der Waals surface area contributed by atoms with Crippen molar-refractivity contribution in [2.45, 2.75) is 13.8 Å². The zero-order valence-corrected chi connectivity index (χ0v) is 12.5. The lowest BCUT2D eigenvalue weighted by atomic mass is 10.4. The summed E-state index contributed by atoms with van der Waals surface area (Å²) >= 11 is 0. The van der Waals surface area contributed by atoms with Gasteiger partial charge in [0.15, 0.2) is 0 Å². The summed E-state index contributed by atoms with van der Waals surface area (Å²) in [7, 11) is 0. The van der Waals surface area contributed by atoms with Crippen LogP contribution in [0.2, 0.25) is 0 Å². The Kier molecular flexibility index (Phi) is 14.8. The Morgan fingerprint density at radius 2 is 1.71 bits per heavy atom. The van der Waals surface area contributed by atoms with E-state index < -0.39 is 11.9 Å². The number of primary amides is 1. The number of aliphatic carboxylic acids is 1. The van der Waals surface area contributed by atoms with Gasteiger partial charge in [-0.2, -0.15) is 4.91 Å². The lowest BCUT2D eigenvalue weighted by Crippen LogP contribution is -2.42. The topological polar surface area (TPSA) is 133 Å². The van der Waals surface area contributed by atoms with Crippen LogP contribution in [-0.4, -0.2) is 78.9 Å². The van der Waals surface area contributed by atoms with Gasteiger partial charge in [-0.25, -0.2) is 0 Å². The summed E-state index contributed by atoms with van der Waals surface area (Å²) in [5.41, 5.74) is 5.03. The Balaban J connectivity index is 0. The predicted octanol–water partition coefficient (Wildman–Crippen LogP) is -0.848. The van der Waals surface area contributed by atoms with Gasteiger partial charge in [-0.1, -0.05) is 19.0 Å². The molecule has 0 aromatic heterocycles. The van der Waals surface area contributed by atoms with Gasteiger partial charge in [0.05, 0.1) is 26.2 Å². The van der Waals surface area contributed by atoms with Gasteiger partial charge in [0.25, 0.3) is 0 Å². The number of aldehydes is 1. The Bertz CT molecular complexity index is 325. The van der Waals surface area contributed by atoms with Gasteiger partial charge >= 0.3 is 5.97 Å². The van der Waals surface area contributed by atoms with E-state index in [1.165, 1.54) is 9.80 Å². The van der Waals surface area contributed by atoms with Crippen molar-refractivity contribution < 1.29 is 19.5 Å². The fraction of sp³-hybridized carbons (Fsp3) is 0.750. The molecule has 0 radical (unpaired) electrons. The Morgan fingerprint density at radius 1 is 1.14 bits per heavy atom. The predicted molar refractivity (Wildman–Crippen MR) is 77.8 cm³/mol. The molecule has 0 heterocycles. The van der Waals surface area contributed by atoms with E-state index in [1.807, 2.05) is 13.8 Å². The van der Waals surface area contributed by atoms with Crippen molar-refractivity contribution in [3.05, 3.63) is 4.91 Å². The normalized spacial score (nSPS) is 9.90. The summed E-state index contributed by atoms with van der Waals surface area (Å²) in [6.07, 6.45) is 0.636. The van der Waals surface area contributed by atoms with Crippen LogP contribution in [-0.2, 0) is 14.4 Å². The summed E-state index contributed by atoms with van der Waals surface area (Å²) < 4.78 is 0. The largest absolute Gasteiger partial charge is 0.480 e. The third kappa shape index (κ3) is 14.4. The number of nitrogens with two attached hydrogens (primary N) is 1. The van der Waals surface area contributed by atoms with Crippen molar-refractivity contribution in [3.63, 3.8) is 0 Å². The standard InChI is InChI=1S/C10H18N4O5.C2H6/c11-9(16)7-14(5-6-15)4-3-13(2-1-12-19)8-10(17)18;1-2/h6H,1-5,7-8H2,(H2,11,16)(H,17,18);1-2H3. The SMILES string of the molecule is CC.NC(=O)CN(CC=O)CCN(CCN=O)CC(=O)O. The first-order valence-corrected chi connectivity index (χ1v) is 6.67. The smallest absolute Gasteiger partial charge is 0.317 e. The number of hydrogen-bond donors (Lipinski definition) is 2. The number of amides is 1. The fourth-order valence-electron chi connectivity index (χ4n) is 1.49. The van der Waals surface area contributed by atoms with Gasteiger partial charge in [-0.3, -0.25) is 19.4 Å². The number of carboxylic acid groups (broad SMARTS) is 1. The number of carboxylic acids is 1. The molecule has 0 aromatic rings. The quantitative estimate of drug-likeness (QED) is 0.354. The molecule has 9 nitrogen and oxygen atoms in total. The lowest BCUT2D eigenvalue weighted by Gasteiger charge is -2.23. The van der Waals surface area contributed by atoms with Crippen molar-refractivity contribution in [2.75, 3.05) is 45.8 Å². The van der Waals surface area contributed by atoms with Crippen LogP contribution in [0, 0.1) is 4.91 Å². The summed E-state index contributed by atoms with van der Waals surface area (Å²) in [6.45, 7) is 4.51. The van der Waals surface area contributed by atoms with Gasteiger partial charge < -0.3 is 15.6 Å². The third-order valence-electron chi connectivity index (χ3n) is 2.31. The molecule has 122 valence electrons. The second kappa shape index (κ2) is 14.5. The Morgan fingerprint density at radius 3 is 2.14 bits per heavy atom. The van der Waals surface area contributed by atoms with Gasteiger partial charge in [-0.05, 0) is 0 Å². The average Bonchev–Trinajstić information content (AvgIpc) is 2.43. The van der Waals surface area contributed by atoms with Crippen LogP contribution in [0.3, 0.4) is 0 Å². The minimum Gasteiger partial charge on any atom is -0.480 e. The van der Waals surface area contributed by atoms with Crippen LogP contribution in [0.15, 0.2) is 5.18 Å². The highest BCUT2D eigenvalue weighted by atomic mass is 16.4. The molecule has 0 unspecified atom stereocenters. The van der Waals surface area contributed by atoms with Crippen LogP contribution in [0.25, 0.3) is 0 Å². The number of rotatable bonds is 12. The minimum atomic E-state index is -1.03. The van der Waals surface area contributed by atoms with Gasteiger partial charge in [0.1, 0.15) is 6.29 Å². The van der Waals surface area contributed by atoms with Gasteiger partial charge in [0.2, 0.25) is 5.91 Å². The number of carbonyl (C=O) groups is 3. The maximum Gasteiger partial charge on any atom is 0.317 e. The molecule has 3 N–H and O–H groups in total. The molecular formula is C12H24N4O5. The van der Waals surface area contributed by atoms with E-state index >= 15 is 0 Å². The Hall–Kier alpha value is -1.87. The maximum absolute atomic E-state index is 10.8. The van der Waals surface area contributed by atoms with Gasteiger partial charge in [-0.15, -0.1) is 0 Å². The minimum absolute atomic E-state index is 0.0171. The molecule has 0 atom stereocenters. The molecule has 1 amide bonds. The van der Waals surface area contributed by atoms with E-state index in [4.69, 9.17) is 10.8 Å². The molecule has 0 rings (SSSR count). The first-order valence-electron chi connectivity index (χ1n) is 6.67. The van der Waals surface area contributed by atoms with E-state index in [0.29, 0.717) is 19.4 Å². The second-order valence-corrected chi connectivity index (χ2v) is 3.89. The third-order valence-corrected chi connectivity index (χ3v) is 2.31. The number of nitrogens with zero attached hydrogens (tertiary/aromatic N) is 3. The highest BCUT2D eigenvalue weighted by Crippen LogP contribution is 1.93.